The van der Waals surface area contributed by atoms with Gasteiger partial charge in [0.2, 0.25) is 0 Å². The van der Waals surface area contributed by atoms with E-state index in [-0.39, 0.29) is 27.8 Å². The molecule has 0 bridgehead atoms. The van der Waals surface area contributed by atoms with E-state index in [0.717, 1.165) is 12.1 Å². The maximum Gasteiger partial charge on any atom is 0.416 e. The molecule has 0 aromatic heterocycles. The van der Waals surface area contributed by atoms with E-state index in [9.17, 15) is 18.3 Å². The average Bonchev–Trinajstić information content (AvgIpc) is 2.42. The third-order valence-corrected chi connectivity index (χ3v) is 2.89. The lowest BCUT2D eigenvalue weighted by Gasteiger charge is -2.11. The molecule has 1 N–H and O–H groups in total. The van der Waals surface area contributed by atoms with Crippen LogP contribution in [0.2, 0.25) is 5.02 Å². The molecule has 0 saturated heterocycles. The summed E-state index contributed by atoms with van der Waals surface area (Å²) in [6.45, 7) is 0. The number of hydrogen-bond acceptors (Lipinski definition) is 3. The van der Waals surface area contributed by atoms with Gasteiger partial charge in [0.15, 0.2) is 0 Å². The molecule has 0 heterocycles. The van der Waals surface area contributed by atoms with E-state index in [0.29, 0.717) is 6.07 Å². The van der Waals surface area contributed by atoms with E-state index in [4.69, 9.17) is 21.6 Å². The third-order valence-electron chi connectivity index (χ3n) is 2.57. The Balaban J connectivity index is 2.36. The van der Waals surface area contributed by atoms with Gasteiger partial charge in [0, 0.05) is 6.07 Å². The van der Waals surface area contributed by atoms with Gasteiger partial charge < -0.3 is 9.84 Å². The van der Waals surface area contributed by atoms with Crippen LogP contribution in [0.25, 0.3) is 0 Å². The lowest BCUT2D eigenvalue weighted by atomic mass is 10.1. The Labute approximate surface area is 122 Å². The van der Waals surface area contributed by atoms with Gasteiger partial charge in [-0.15, -0.1) is 0 Å². The standard InChI is InChI=1S/C14H7ClF3NO2/c15-11-3-2-10(6-12(11)20)21-13-4-1-9(14(16,17)18)5-8(13)7-19/h1-6,20H. The van der Waals surface area contributed by atoms with Crippen LogP contribution in [-0.2, 0) is 6.18 Å². The van der Waals surface area contributed by atoms with Gasteiger partial charge in [0.1, 0.15) is 23.3 Å². The fraction of sp³-hybridized carbons (Fsp3) is 0.0714. The van der Waals surface area contributed by atoms with E-state index >= 15 is 0 Å². The van der Waals surface area contributed by atoms with Gasteiger partial charge in [-0.05, 0) is 30.3 Å². The second kappa shape index (κ2) is 5.54. The molecule has 0 unspecified atom stereocenters. The first-order valence-electron chi connectivity index (χ1n) is 5.59. The number of nitriles is 1. The van der Waals surface area contributed by atoms with Crippen molar-refractivity contribution in [2.24, 2.45) is 0 Å². The van der Waals surface area contributed by atoms with E-state index in [2.05, 4.69) is 0 Å². The number of benzene rings is 2. The van der Waals surface area contributed by atoms with Crippen molar-refractivity contribution in [2.45, 2.75) is 6.18 Å². The monoisotopic (exact) mass is 313 g/mol. The normalized spacial score (nSPS) is 11.0. The van der Waals surface area contributed by atoms with Gasteiger partial charge in [-0.1, -0.05) is 11.6 Å². The first-order valence-corrected chi connectivity index (χ1v) is 5.97. The van der Waals surface area contributed by atoms with Crippen molar-refractivity contribution in [1.29, 1.82) is 5.26 Å². The summed E-state index contributed by atoms with van der Waals surface area (Å²) in [4.78, 5) is 0. The number of phenolic OH excluding ortho intramolecular Hbond substituents is 1. The number of ether oxygens (including phenoxy) is 1. The molecule has 2 rings (SSSR count). The molecule has 2 aromatic carbocycles. The summed E-state index contributed by atoms with van der Waals surface area (Å²) in [5.74, 6) is -0.139. The highest BCUT2D eigenvalue weighted by Gasteiger charge is 2.31. The highest BCUT2D eigenvalue weighted by molar-refractivity contribution is 6.32. The Morgan fingerprint density at radius 3 is 2.43 bits per heavy atom. The fourth-order valence-electron chi connectivity index (χ4n) is 1.57. The van der Waals surface area contributed by atoms with Gasteiger partial charge in [0.25, 0.3) is 0 Å². The summed E-state index contributed by atoms with van der Waals surface area (Å²) < 4.78 is 43.0. The molecule has 7 heteroatoms. The van der Waals surface area contributed by atoms with Crippen molar-refractivity contribution in [2.75, 3.05) is 0 Å². The van der Waals surface area contributed by atoms with Gasteiger partial charge in [0.05, 0.1) is 16.1 Å². The summed E-state index contributed by atoms with van der Waals surface area (Å²) in [6, 6.07) is 8.18. The van der Waals surface area contributed by atoms with Crippen LogP contribution in [0.4, 0.5) is 13.2 Å². The van der Waals surface area contributed by atoms with Crippen molar-refractivity contribution >= 4 is 11.6 Å². The minimum absolute atomic E-state index is 0.0489. The van der Waals surface area contributed by atoms with Gasteiger partial charge in [-0.2, -0.15) is 18.4 Å². The number of hydrogen-bond donors (Lipinski definition) is 1. The van der Waals surface area contributed by atoms with Crippen LogP contribution in [-0.4, -0.2) is 5.11 Å². The lowest BCUT2D eigenvalue weighted by Crippen LogP contribution is -2.05. The molecular weight excluding hydrogens is 307 g/mol. The first kappa shape index (κ1) is 15.0. The minimum Gasteiger partial charge on any atom is -0.506 e. The zero-order valence-corrected chi connectivity index (χ0v) is 11.0. The van der Waals surface area contributed by atoms with Crippen molar-refractivity contribution in [3.05, 3.63) is 52.5 Å². The summed E-state index contributed by atoms with van der Waals surface area (Å²) in [7, 11) is 0. The van der Waals surface area contributed by atoms with Crippen molar-refractivity contribution < 1.29 is 23.0 Å². The molecule has 21 heavy (non-hydrogen) atoms. The largest absolute Gasteiger partial charge is 0.506 e. The van der Waals surface area contributed by atoms with E-state index in [1.54, 1.807) is 6.07 Å². The quantitative estimate of drug-likeness (QED) is 0.872. The fourth-order valence-corrected chi connectivity index (χ4v) is 1.68. The summed E-state index contributed by atoms with van der Waals surface area (Å²) in [5, 5.41) is 18.5. The Kier molecular flexibility index (Phi) is 3.96. The highest BCUT2D eigenvalue weighted by atomic mass is 35.5. The molecule has 0 amide bonds. The van der Waals surface area contributed by atoms with Gasteiger partial charge in [-0.3, -0.25) is 0 Å². The summed E-state index contributed by atoms with van der Waals surface area (Å²) >= 11 is 5.63. The van der Waals surface area contributed by atoms with Crippen LogP contribution < -0.4 is 4.74 Å². The number of alkyl halides is 3. The number of rotatable bonds is 2. The molecule has 0 spiro atoms. The zero-order chi connectivity index (χ0) is 15.6. The Hall–Kier alpha value is -2.39. The first-order chi connectivity index (χ1) is 9.81. The number of phenols is 1. The lowest BCUT2D eigenvalue weighted by molar-refractivity contribution is -0.137. The van der Waals surface area contributed by atoms with Crippen LogP contribution in [0, 0.1) is 11.3 Å². The van der Waals surface area contributed by atoms with Crippen LogP contribution in [0.1, 0.15) is 11.1 Å². The van der Waals surface area contributed by atoms with Crippen LogP contribution in [0.5, 0.6) is 17.2 Å². The maximum atomic E-state index is 12.6. The van der Waals surface area contributed by atoms with E-state index < -0.39 is 11.7 Å². The SMILES string of the molecule is N#Cc1cc(C(F)(F)F)ccc1Oc1ccc(Cl)c(O)c1. The molecule has 0 radical (unpaired) electrons. The predicted molar refractivity (Wildman–Crippen MR) is 69.3 cm³/mol. The number of nitrogens with zero attached hydrogens (tertiary/aromatic N) is 1. The molecule has 0 aliphatic carbocycles. The molecular formula is C14H7ClF3NO2. The Bertz CT molecular complexity index is 723. The molecule has 0 saturated carbocycles. The summed E-state index contributed by atoms with van der Waals surface area (Å²) in [6.07, 6.45) is -4.54. The van der Waals surface area contributed by atoms with Crippen LogP contribution in [0.3, 0.4) is 0 Å². The minimum atomic E-state index is -4.54. The van der Waals surface area contributed by atoms with E-state index in [1.165, 1.54) is 18.2 Å². The van der Waals surface area contributed by atoms with Crippen molar-refractivity contribution in [3.8, 4) is 23.3 Å². The molecule has 108 valence electrons. The number of aromatic hydroxyl groups is 1. The molecule has 0 aliphatic rings. The zero-order valence-electron chi connectivity index (χ0n) is 10.3. The Morgan fingerprint density at radius 2 is 1.86 bits per heavy atom. The Morgan fingerprint density at radius 1 is 1.14 bits per heavy atom. The molecule has 0 aliphatic heterocycles. The van der Waals surface area contributed by atoms with Crippen molar-refractivity contribution in [3.63, 3.8) is 0 Å². The van der Waals surface area contributed by atoms with E-state index in [1.807, 2.05) is 0 Å². The molecule has 0 fully saturated rings. The predicted octanol–water partition coefficient (Wildman–Crippen LogP) is 4.73. The molecule has 0 atom stereocenters. The second-order valence-corrected chi connectivity index (χ2v) is 4.44. The average molecular weight is 314 g/mol. The van der Waals surface area contributed by atoms with Gasteiger partial charge >= 0.3 is 6.18 Å². The topological polar surface area (TPSA) is 53.2 Å². The van der Waals surface area contributed by atoms with Gasteiger partial charge in [-0.25, -0.2) is 0 Å². The third kappa shape index (κ3) is 3.38. The van der Waals surface area contributed by atoms with Crippen LogP contribution in [0.15, 0.2) is 36.4 Å². The summed E-state index contributed by atoms with van der Waals surface area (Å²) in [5.41, 5.74) is -1.20. The number of halogens is 4. The maximum absolute atomic E-state index is 12.6. The second-order valence-electron chi connectivity index (χ2n) is 4.04. The smallest absolute Gasteiger partial charge is 0.416 e. The molecule has 3 nitrogen and oxygen atoms in total. The van der Waals surface area contributed by atoms with Crippen LogP contribution >= 0.6 is 11.6 Å². The highest BCUT2D eigenvalue weighted by Crippen LogP contribution is 2.35. The van der Waals surface area contributed by atoms with Crippen molar-refractivity contribution in [1.82, 2.24) is 0 Å². The molecule has 2 aromatic rings.